The van der Waals surface area contributed by atoms with Gasteiger partial charge >= 0.3 is 5.97 Å². The number of benzene rings is 2. The Bertz CT molecular complexity index is 782. The highest BCUT2D eigenvalue weighted by molar-refractivity contribution is 9.09. The maximum Gasteiger partial charge on any atom is 0.335 e. The number of halogens is 2. The van der Waals surface area contributed by atoms with Crippen LogP contribution in [0.25, 0.3) is 0 Å². The fourth-order valence-corrected chi connectivity index (χ4v) is 4.44. The van der Waals surface area contributed by atoms with E-state index in [2.05, 4.69) is 15.9 Å². The molecule has 1 unspecified atom stereocenters. The molecule has 0 aliphatic heterocycles. The van der Waals surface area contributed by atoms with Gasteiger partial charge in [0.2, 0.25) is 0 Å². The van der Waals surface area contributed by atoms with Crippen LogP contribution < -0.4 is 4.74 Å². The summed E-state index contributed by atoms with van der Waals surface area (Å²) in [4.78, 5) is 11.5. The lowest BCUT2D eigenvalue weighted by molar-refractivity contribution is 0.0643. The summed E-state index contributed by atoms with van der Waals surface area (Å²) in [5.41, 5.74) is 1.15. The highest BCUT2D eigenvalue weighted by atomic mass is 79.9. The lowest BCUT2D eigenvalue weighted by Gasteiger charge is -2.22. The van der Waals surface area contributed by atoms with E-state index in [0.29, 0.717) is 41.5 Å². The van der Waals surface area contributed by atoms with E-state index < -0.39 is 5.97 Å². The minimum absolute atomic E-state index is 0.283. The van der Waals surface area contributed by atoms with Crippen LogP contribution in [0.3, 0.4) is 0 Å². The molecule has 0 aromatic heterocycles. The first-order valence-electron chi connectivity index (χ1n) is 8.95. The Morgan fingerprint density at radius 2 is 1.96 bits per heavy atom. The summed E-state index contributed by atoms with van der Waals surface area (Å²) in [7, 11) is 0. The van der Waals surface area contributed by atoms with E-state index in [0.717, 1.165) is 24.2 Å². The van der Waals surface area contributed by atoms with E-state index in [1.54, 1.807) is 18.2 Å². The Balaban J connectivity index is 1.51. The number of rotatable bonds is 8. The summed E-state index contributed by atoms with van der Waals surface area (Å²) in [6, 6.07) is 14.3. The zero-order valence-electron chi connectivity index (χ0n) is 14.8. The van der Waals surface area contributed by atoms with Crippen LogP contribution in [0.4, 0.5) is 0 Å². The van der Waals surface area contributed by atoms with Gasteiger partial charge in [0.05, 0.1) is 25.4 Å². The van der Waals surface area contributed by atoms with Crippen LogP contribution in [0.15, 0.2) is 48.5 Å². The van der Waals surface area contributed by atoms with Crippen LogP contribution in [0, 0.1) is 11.8 Å². The van der Waals surface area contributed by atoms with Crippen LogP contribution in [0.1, 0.15) is 28.8 Å². The molecule has 1 saturated carbocycles. The van der Waals surface area contributed by atoms with Crippen molar-refractivity contribution >= 4 is 33.5 Å². The number of ether oxygens (including phenoxy) is 2. The SMILES string of the molecule is O=C(O)c1cccc(COC[C@H]2CCC(Br)[C@@H]2COc2cccc(Cl)c2)c1. The van der Waals surface area contributed by atoms with Crippen molar-refractivity contribution in [3.8, 4) is 5.75 Å². The third kappa shape index (κ3) is 5.71. The summed E-state index contributed by atoms with van der Waals surface area (Å²) in [6.07, 6.45) is 2.17. The van der Waals surface area contributed by atoms with Crippen LogP contribution in [0.2, 0.25) is 5.02 Å². The molecule has 2 aromatic rings. The van der Waals surface area contributed by atoms with Crippen molar-refractivity contribution in [3.05, 3.63) is 64.7 Å². The maximum absolute atomic E-state index is 11.1. The van der Waals surface area contributed by atoms with Crippen LogP contribution in [-0.4, -0.2) is 29.1 Å². The highest BCUT2D eigenvalue weighted by Gasteiger charge is 2.35. The summed E-state index contributed by atoms with van der Waals surface area (Å²) >= 11 is 9.78. The van der Waals surface area contributed by atoms with Crippen molar-refractivity contribution in [1.29, 1.82) is 0 Å². The molecule has 6 heteroatoms. The Kier molecular flexibility index (Phi) is 7.16. The van der Waals surface area contributed by atoms with Gasteiger partial charge in [0.15, 0.2) is 0 Å². The second-order valence-corrected chi connectivity index (χ2v) is 8.42. The topological polar surface area (TPSA) is 55.8 Å². The molecule has 0 radical (unpaired) electrons. The van der Waals surface area contributed by atoms with Gasteiger partial charge in [-0.2, -0.15) is 0 Å². The van der Waals surface area contributed by atoms with Gasteiger partial charge < -0.3 is 14.6 Å². The lowest BCUT2D eigenvalue weighted by atomic mass is 9.98. The number of aromatic carboxylic acids is 1. The average molecular weight is 454 g/mol. The highest BCUT2D eigenvalue weighted by Crippen LogP contribution is 2.37. The van der Waals surface area contributed by atoms with E-state index >= 15 is 0 Å². The molecule has 1 aliphatic rings. The Morgan fingerprint density at radius 3 is 2.74 bits per heavy atom. The van der Waals surface area contributed by atoms with Gasteiger partial charge in [0, 0.05) is 15.8 Å². The molecular weight excluding hydrogens is 432 g/mol. The molecule has 0 bridgehead atoms. The van der Waals surface area contributed by atoms with Gasteiger partial charge in [0.25, 0.3) is 0 Å². The van der Waals surface area contributed by atoms with Crippen molar-refractivity contribution in [2.24, 2.45) is 11.8 Å². The first-order chi connectivity index (χ1) is 13.0. The van der Waals surface area contributed by atoms with E-state index in [-0.39, 0.29) is 5.56 Å². The van der Waals surface area contributed by atoms with Crippen molar-refractivity contribution in [2.45, 2.75) is 24.3 Å². The molecule has 1 fully saturated rings. The van der Waals surface area contributed by atoms with E-state index in [1.165, 1.54) is 0 Å². The number of carbonyl (C=O) groups is 1. The summed E-state index contributed by atoms with van der Waals surface area (Å²) in [5.74, 6) is 0.609. The molecule has 0 spiro atoms. The fourth-order valence-electron chi connectivity index (χ4n) is 3.42. The molecule has 1 N–H and O–H groups in total. The number of carboxylic acid groups (broad SMARTS) is 1. The molecule has 0 saturated heterocycles. The van der Waals surface area contributed by atoms with Gasteiger partial charge in [-0.05, 0) is 54.7 Å². The van der Waals surface area contributed by atoms with Gasteiger partial charge in [-0.15, -0.1) is 0 Å². The summed E-state index contributed by atoms with van der Waals surface area (Å²) in [5, 5.41) is 9.74. The van der Waals surface area contributed by atoms with Crippen molar-refractivity contribution in [2.75, 3.05) is 13.2 Å². The predicted molar refractivity (Wildman–Crippen MR) is 109 cm³/mol. The monoisotopic (exact) mass is 452 g/mol. The Labute approximate surface area is 172 Å². The minimum Gasteiger partial charge on any atom is -0.493 e. The Morgan fingerprint density at radius 1 is 1.15 bits per heavy atom. The molecule has 27 heavy (non-hydrogen) atoms. The zero-order valence-corrected chi connectivity index (χ0v) is 17.2. The average Bonchev–Trinajstić information content (AvgIpc) is 3.00. The van der Waals surface area contributed by atoms with E-state index in [4.69, 9.17) is 26.2 Å². The van der Waals surface area contributed by atoms with Gasteiger partial charge in [0.1, 0.15) is 5.75 Å². The fraction of sp³-hybridized carbons (Fsp3) is 0.381. The van der Waals surface area contributed by atoms with Crippen molar-refractivity contribution < 1.29 is 19.4 Å². The first kappa shape index (κ1) is 20.2. The largest absolute Gasteiger partial charge is 0.493 e. The maximum atomic E-state index is 11.1. The first-order valence-corrected chi connectivity index (χ1v) is 10.2. The standard InChI is InChI=1S/C21H22BrClO4/c22-20-8-7-16(19(20)13-27-18-6-2-5-17(23)10-18)12-26-11-14-3-1-4-15(9-14)21(24)25/h1-6,9-10,16,19-20H,7-8,11-13H2,(H,24,25)/t16-,19-,20?/m1/s1. The third-order valence-corrected chi connectivity index (χ3v) is 6.27. The normalized spacial score (nSPS) is 21.9. The van der Waals surface area contributed by atoms with Gasteiger partial charge in [-0.25, -0.2) is 4.79 Å². The minimum atomic E-state index is -0.923. The smallest absolute Gasteiger partial charge is 0.335 e. The quantitative estimate of drug-likeness (QED) is 0.542. The second-order valence-electron chi connectivity index (χ2n) is 6.81. The van der Waals surface area contributed by atoms with E-state index in [9.17, 15) is 4.79 Å². The van der Waals surface area contributed by atoms with Crippen LogP contribution >= 0.6 is 27.5 Å². The molecule has 0 heterocycles. The van der Waals surface area contributed by atoms with Crippen molar-refractivity contribution in [1.82, 2.24) is 0 Å². The van der Waals surface area contributed by atoms with Crippen LogP contribution in [0.5, 0.6) is 5.75 Å². The molecule has 0 amide bonds. The van der Waals surface area contributed by atoms with Crippen LogP contribution in [-0.2, 0) is 11.3 Å². The van der Waals surface area contributed by atoms with Gasteiger partial charge in [-0.3, -0.25) is 0 Å². The Hall–Kier alpha value is -1.56. The number of hydrogen-bond donors (Lipinski definition) is 1. The van der Waals surface area contributed by atoms with Gasteiger partial charge in [-0.1, -0.05) is 45.7 Å². The molecule has 144 valence electrons. The molecule has 3 rings (SSSR count). The number of carboxylic acids is 1. The molecule has 1 aliphatic carbocycles. The summed E-state index contributed by atoms with van der Waals surface area (Å²) in [6.45, 7) is 1.65. The number of alkyl halides is 1. The molecular formula is C21H22BrClO4. The lowest BCUT2D eigenvalue weighted by Crippen LogP contribution is -2.25. The van der Waals surface area contributed by atoms with Crippen molar-refractivity contribution in [3.63, 3.8) is 0 Å². The third-order valence-electron chi connectivity index (χ3n) is 4.90. The predicted octanol–water partition coefficient (Wildman–Crippen LogP) is 5.42. The second kappa shape index (κ2) is 9.58. The number of hydrogen-bond acceptors (Lipinski definition) is 3. The summed E-state index contributed by atoms with van der Waals surface area (Å²) < 4.78 is 11.8. The molecule has 2 aromatic carbocycles. The van der Waals surface area contributed by atoms with E-state index in [1.807, 2.05) is 30.3 Å². The zero-order chi connectivity index (χ0) is 19.2. The molecule has 3 atom stereocenters. The molecule has 4 nitrogen and oxygen atoms in total.